The number of halogens is 1. The number of fused-ring (bicyclic) bond motifs is 1. The second kappa shape index (κ2) is 9.81. The Kier molecular flexibility index (Phi) is 6.43. The lowest BCUT2D eigenvalue weighted by Gasteiger charge is -2.34. The molecule has 2 aliphatic heterocycles. The maximum Gasteiger partial charge on any atom is 0.323 e. The number of anilines is 3. The van der Waals surface area contributed by atoms with Crippen molar-refractivity contribution in [2.75, 3.05) is 48.8 Å². The molecule has 5 rings (SSSR count). The number of hydrogen-bond donors (Lipinski definition) is 2. The van der Waals surface area contributed by atoms with Crippen molar-refractivity contribution in [1.82, 2.24) is 9.88 Å². The second-order valence-corrected chi connectivity index (χ2v) is 8.87. The van der Waals surface area contributed by atoms with Gasteiger partial charge in [-0.05, 0) is 49.5 Å². The third kappa shape index (κ3) is 5.47. The number of benzene rings is 2. The average Bonchev–Trinajstić information content (AvgIpc) is 3.21. The van der Waals surface area contributed by atoms with E-state index in [1.807, 2.05) is 12.1 Å². The van der Waals surface area contributed by atoms with Crippen molar-refractivity contribution >= 4 is 40.7 Å². The largest absolute Gasteiger partial charge is 0.453 e. The number of urea groups is 1. The van der Waals surface area contributed by atoms with Gasteiger partial charge >= 0.3 is 12.0 Å². The highest BCUT2D eigenvalue weighted by atomic mass is 35.5. The number of nitrogens with zero attached hydrogens (tertiary/aromatic N) is 3. The predicted molar refractivity (Wildman–Crippen MR) is 134 cm³/mol. The van der Waals surface area contributed by atoms with Crippen molar-refractivity contribution in [2.24, 2.45) is 0 Å². The van der Waals surface area contributed by atoms with Crippen LogP contribution in [-0.4, -0.2) is 55.1 Å². The van der Waals surface area contributed by atoms with Gasteiger partial charge in [0.25, 0.3) is 0 Å². The average molecular weight is 494 g/mol. The number of amides is 2. The van der Waals surface area contributed by atoms with Gasteiger partial charge in [-0.2, -0.15) is 0 Å². The lowest BCUT2D eigenvalue weighted by atomic mass is 10.2. The van der Waals surface area contributed by atoms with Crippen LogP contribution in [0.5, 0.6) is 17.2 Å². The molecule has 35 heavy (non-hydrogen) atoms. The van der Waals surface area contributed by atoms with Gasteiger partial charge in [-0.3, -0.25) is 9.78 Å². The number of nitrogens with one attached hydrogen (secondary N) is 2. The van der Waals surface area contributed by atoms with Crippen molar-refractivity contribution in [2.45, 2.75) is 6.42 Å². The first-order chi connectivity index (χ1) is 16.9. The molecule has 2 N–H and O–H groups in total. The second-order valence-electron chi connectivity index (χ2n) is 8.43. The van der Waals surface area contributed by atoms with Crippen molar-refractivity contribution in [3.05, 3.63) is 65.4 Å². The molecule has 0 saturated carbocycles. The highest BCUT2D eigenvalue weighted by Crippen LogP contribution is 2.37. The Morgan fingerprint density at radius 1 is 1.03 bits per heavy atom. The van der Waals surface area contributed by atoms with E-state index >= 15 is 0 Å². The van der Waals surface area contributed by atoms with Crippen molar-refractivity contribution in [1.29, 1.82) is 0 Å². The summed E-state index contributed by atoms with van der Waals surface area (Å²) in [5, 5.41) is 6.21. The fourth-order valence-corrected chi connectivity index (χ4v) is 4.22. The molecule has 10 heteroatoms. The molecule has 3 aromatic rings. The minimum Gasteiger partial charge on any atom is -0.453 e. The zero-order valence-electron chi connectivity index (χ0n) is 19.1. The number of hydrogen-bond acceptors (Lipinski definition) is 7. The van der Waals surface area contributed by atoms with Crippen LogP contribution in [0.1, 0.15) is 5.69 Å². The van der Waals surface area contributed by atoms with Crippen molar-refractivity contribution in [3.63, 3.8) is 0 Å². The van der Waals surface area contributed by atoms with Crippen LogP contribution in [0.25, 0.3) is 0 Å². The smallest absolute Gasteiger partial charge is 0.323 e. The van der Waals surface area contributed by atoms with E-state index < -0.39 is 0 Å². The van der Waals surface area contributed by atoms with Gasteiger partial charge in [0.2, 0.25) is 0 Å². The van der Waals surface area contributed by atoms with Crippen LogP contribution < -0.4 is 25.0 Å². The molecule has 0 atom stereocenters. The Morgan fingerprint density at radius 2 is 1.77 bits per heavy atom. The van der Waals surface area contributed by atoms with Gasteiger partial charge in [0, 0.05) is 60.5 Å². The number of esters is 1. The van der Waals surface area contributed by atoms with Gasteiger partial charge < -0.3 is 29.9 Å². The van der Waals surface area contributed by atoms with Gasteiger partial charge in [-0.25, -0.2) is 4.79 Å². The lowest BCUT2D eigenvalue weighted by Crippen LogP contribution is -2.44. The predicted octanol–water partition coefficient (Wildman–Crippen LogP) is 4.38. The summed E-state index contributed by atoms with van der Waals surface area (Å²) >= 11 is 6.31. The van der Waals surface area contributed by atoms with E-state index in [1.54, 1.807) is 42.6 Å². The summed E-state index contributed by atoms with van der Waals surface area (Å²) in [4.78, 5) is 32.8. The first-order valence-corrected chi connectivity index (χ1v) is 11.6. The van der Waals surface area contributed by atoms with E-state index in [4.69, 9.17) is 21.1 Å². The quantitative estimate of drug-likeness (QED) is 0.509. The molecular weight excluding hydrogens is 470 g/mol. The number of ether oxygens (including phenoxy) is 2. The zero-order valence-corrected chi connectivity index (χ0v) is 19.8. The Morgan fingerprint density at radius 3 is 2.54 bits per heavy atom. The molecule has 0 radical (unpaired) electrons. The van der Waals surface area contributed by atoms with E-state index in [0.29, 0.717) is 39.3 Å². The molecule has 9 nitrogen and oxygen atoms in total. The number of pyridine rings is 1. The van der Waals surface area contributed by atoms with Crippen LogP contribution in [0.2, 0.25) is 5.02 Å². The van der Waals surface area contributed by atoms with Crippen LogP contribution in [0.4, 0.5) is 21.9 Å². The van der Waals surface area contributed by atoms with Crippen LogP contribution in [0.3, 0.4) is 0 Å². The van der Waals surface area contributed by atoms with Crippen molar-refractivity contribution < 1.29 is 19.1 Å². The molecule has 3 heterocycles. The maximum atomic E-state index is 12.6. The van der Waals surface area contributed by atoms with E-state index in [2.05, 4.69) is 32.5 Å². The minimum absolute atomic E-state index is 0.133. The minimum atomic E-state index is -0.385. The third-order valence-electron chi connectivity index (χ3n) is 5.82. The molecule has 1 aromatic heterocycles. The fraction of sp³-hybridized carbons (Fsp3) is 0.240. The number of carbonyl (C=O) groups is 2. The third-order valence-corrected chi connectivity index (χ3v) is 6.04. The molecular formula is C25H24ClN5O4. The van der Waals surface area contributed by atoms with E-state index in [-0.39, 0.29) is 18.4 Å². The molecule has 0 spiro atoms. The maximum absolute atomic E-state index is 12.6. The molecule has 0 unspecified atom stereocenters. The van der Waals surface area contributed by atoms with E-state index in [1.165, 1.54) is 0 Å². The van der Waals surface area contributed by atoms with E-state index in [9.17, 15) is 9.59 Å². The highest BCUT2D eigenvalue weighted by Gasteiger charge is 2.26. The number of rotatable bonds is 5. The van der Waals surface area contributed by atoms with Gasteiger partial charge in [-0.15, -0.1) is 0 Å². The van der Waals surface area contributed by atoms with Crippen LogP contribution in [-0.2, 0) is 11.2 Å². The summed E-state index contributed by atoms with van der Waals surface area (Å²) in [6.45, 7) is 3.76. The number of likely N-dealkylation sites (N-methyl/N-ethyl adjacent to an activating group) is 1. The summed E-state index contributed by atoms with van der Waals surface area (Å²) in [6.07, 6.45) is 1.70. The molecule has 2 aliphatic rings. The molecule has 0 bridgehead atoms. The van der Waals surface area contributed by atoms with Crippen molar-refractivity contribution in [3.8, 4) is 17.2 Å². The van der Waals surface area contributed by atoms with Crippen LogP contribution >= 0.6 is 11.6 Å². The monoisotopic (exact) mass is 493 g/mol. The summed E-state index contributed by atoms with van der Waals surface area (Å²) in [5.74, 6) is 0.927. The van der Waals surface area contributed by atoms with Gasteiger partial charge in [-0.1, -0.05) is 11.6 Å². The first kappa shape index (κ1) is 22.9. The van der Waals surface area contributed by atoms with Gasteiger partial charge in [0.1, 0.15) is 5.75 Å². The van der Waals surface area contributed by atoms with E-state index in [0.717, 1.165) is 31.9 Å². The Hall–Kier alpha value is -3.82. The number of piperazine rings is 1. The topological polar surface area (TPSA) is 96.0 Å². The normalized spacial score (nSPS) is 15.4. The fourth-order valence-electron chi connectivity index (χ4n) is 3.99. The number of carbonyl (C=O) groups excluding carboxylic acids is 2. The Bertz CT molecular complexity index is 1260. The highest BCUT2D eigenvalue weighted by molar-refractivity contribution is 6.31. The zero-order chi connectivity index (χ0) is 24.4. The van der Waals surface area contributed by atoms with Gasteiger partial charge in [0.15, 0.2) is 11.5 Å². The summed E-state index contributed by atoms with van der Waals surface area (Å²) in [6, 6.07) is 13.7. The lowest BCUT2D eigenvalue weighted by molar-refractivity contribution is -0.131. The first-order valence-electron chi connectivity index (χ1n) is 11.2. The molecule has 2 aromatic carbocycles. The number of aromatic nitrogens is 1. The Labute approximate surface area is 207 Å². The standard InChI is InChI=1S/C25H24ClN5O4/c1-30-8-10-31(11-9-30)19-13-16(26)12-18(14-19)29-25(33)28-17-2-4-20(5-3-17)34-22-6-7-27-21-15-23(32)35-24(21)22/h2-7,12-14H,8-11,15H2,1H3,(H2,28,29,33). The molecule has 1 fully saturated rings. The molecule has 1 saturated heterocycles. The SMILES string of the molecule is CN1CCN(c2cc(Cl)cc(NC(=O)Nc3ccc(Oc4ccnc5c4OC(=O)C5)cc3)c2)CC1. The van der Waals surface area contributed by atoms with Gasteiger partial charge in [0.05, 0.1) is 12.1 Å². The summed E-state index contributed by atoms with van der Waals surface area (Å²) in [5.41, 5.74) is 2.74. The molecule has 180 valence electrons. The summed E-state index contributed by atoms with van der Waals surface area (Å²) < 4.78 is 11.0. The molecule has 0 aliphatic carbocycles. The van der Waals surface area contributed by atoms with Crippen LogP contribution in [0, 0.1) is 0 Å². The summed E-state index contributed by atoms with van der Waals surface area (Å²) in [7, 11) is 2.10. The Balaban J connectivity index is 1.20. The molecule has 2 amide bonds. The van der Waals surface area contributed by atoms with Crippen LogP contribution in [0.15, 0.2) is 54.7 Å².